The van der Waals surface area contributed by atoms with Crippen molar-refractivity contribution in [1.82, 2.24) is 4.57 Å². The highest BCUT2D eigenvalue weighted by atomic mass is 32.2. The number of sulfonamides is 1. The molecular formula is C26H25N3O5S2. The van der Waals surface area contributed by atoms with Crippen LogP contribution in [0.25, 0.3) is 10.2 Å². The summed E-state index contributed by atoms with van der Waals surface area (Å²) in [7, 11) is -2.63. The molecular weight excluding hydrogens is 498 g/mol. The van der Waals surface area contributed by atoms with Crippen LogP contribution in [-0.2, 0) is 32.5 Å². The van der Waals surface area contributed by atoms with Crippen molar-refractivity contribution in [2.75, 3.05) is 11.8 Å². The molecule has 0 saturated carbocycles. The fraction of sp³-hybridized carbons (Fsp3) is 0.192. The number of hydrogen-bond acceptors (Lipinski definition) is 6. The molecule has 10 heteroatoms. The van der Waals surface area contributed by atoms with E-state index in [0.29, 0.717) is 4.80 Å². The third-order valence-corrected chi connectivity index (χ3v) is 8.02. The average molecular weight is 524 g/mol. The Balaban J connectivity index is 1.76. The van der Waals surface area contributed by atoms with E-state index in [0.717, 1.165) is 27.8 Å². The van der Waals surface area contributed by atoms with Gasteiger partial charge < -0.3 is 9.30 Å². The molecule has 1 amide bonds. The second kappa shape index (κ2) is 10.5. The minimum Gasteiger partial charge on any atom is -0.468 e. The summed E-state index contributed by atoms with van der Waals surface area (Å²) in [5.41, 5.74) is 2.99. The maximum Gasteiger partial charge on any atom is 0.325 e. The first-order valence-electron chi connectivity index (χ1n) is 11.2. The van der Waals surface area contributed by atoms with Crippen LogP contribution in [0.5, 0.6) is 0 Å². The number of nitrogens with one attached hydrogen (secondary N) is 1. The number of fused-ring (bicyclic) bond motifs is 1. The number of ether oxygens (including phenoxy) is 1. The molecule has 1 heterocycles. The minimum absolute atomic E-state index is 0.0828. The summed E-state index contributed by atoms with van der Waals surface area (Å²) in [5.74, 6) is -1.12. The van der Waals surface area contributed by atoms with Gasteiger partial charge >= 0.3 is 5.97 Å². The molecule has 0 aliphatic carbocycles. The highest BCUT2D eigenvalue weighted by molar-refractivity contribution is 7.92. The largest absolute Gasteiger partial charge is 0.468 e. The number of anilines is 1. The molecule has 36 heavy (non-hydrogen) atoms. The number of thiazole rings is 1. The van der Waals surface area contributed by atoms with Gasteiger partial charge in [-0.15, -0.1) is 0 Å². The minimum atomic E-state index is -3.92. The van der Waals surface area contributed by atoms with Crippen molar-refractivity contribution in [3.8, 4) is 0 Å². The number of esters is 1. The number of aryl methyl sites for hydroxylation is 2. The molecule has 0 saturated heterocycles. The third kappa shape index (κ3) is 5.39. The first-order valence-corrected chi connectivity index (χ1v) is 13.5. The van der Waals surface area contributed by atoms with Crippen LogP contribution >= 0.6 is 11.3 Å². The van der Waals surface area contributed by atoms with E-state index in [1.807, 2.05) is 32.0 Å². The van der Waals surface area contributed by atoms with Gasteiger partial charge in [-0.1, -0.05) is 54.2 Å². The third-order valence-electron chi connectivity index (χ3n) is 5.60. The van der Waals surface area contributed by atoms with Crippen molar-refractivity contribution < 1.29 is 22.7 Å². The number of rotatable bonds is 7. The van der Waals surface area contributed by atoms with Crippen molar-refractivity contribution >= 4 is 49.1 Å². The lowest BCUT2D eigenvalue weighted by Gasteiger charge is -2.11. The van der Waals surface area contributed by atoms with Crippen LogP contribution in [0.2, 0.25) is 0 Å². The van der Waals surface area contributed by atoms with Crippen LogP contribution in [0.15, 0.2) is 76.6 Å². The quantitative estimate of drug-likeness (QED) is 0.364. The van der Waals surface area contributed by atoms with Gasteiger partial charge in [0.2, 0.25) is 0 Å². The Morgan fingerprint density at radius 2 is 1.78 bits per heavy atom. The number of hydrogen-bond donors (Lipinski definition) is 1. The number of benzene rings is 3. The van der Waals surface area contributed by atoms with Gasteiger partial charge in [0.15, 0.2) is 4.80 Å². The Bertz CT molecular complexity index is 1620. The second-order valence-electron chi connectivity index (χ2n) is 8.08. The average Bonchev–Trinajstić information content (AvgIpc) is 3.19. The molecule has 0 bridgehead atoms. The Morgan fingerprint density at radius 1 is 1.06 bits per heavy atom. The first-order chi connectivity index (χ1) is 17.2. The van der Waals surface area contributed by atoms with Crippen LogP contribution in [0.4, 0.5) is 5.69 Å². The molecule has 0 atom stereocenters. The van der Waals surface area contributed by atoms with Gasteiger partial charge in [-0.3, -0.25) is 14.3 Å². The maximum absolute atomic E-state index is 13.3. The maximum atomic E-state index is 13.3. The number of amides is 1. The van der Waals surface area contributed by atoms with E-state index in [1.165, 1.54) is 42.7 Å². The smallest absolute Gasteiger partial charge is 0.325 e. The first kappa shape index (κ1) is 25.3. The number of para-hydroxylation sites is 1. The molecule has 0 fully saturated rings. The van der Waals surface area contributed by atoms with Gasteiger partial charge in [0, 0.05) is 0 Å². The molecule has 4 rings (SSSR count). The van der Waals surface area contributed by atoms with E-state index in [2.05, 4.69) is 9.71 Å². The summed E-state index contributed by atoms with van der Waals surface area (Å²) in [5, 5.41) is 0. The SMILES string of the molecule is CCc1ccc2c(c1)sc(=NC(=O)c1ccccc1NS(=O)(=O)c1ccc(C)cc1)n2CC(=O)OC. The van der Waals surface area contributed by atoms with Crippen molar-refractivity contribution in [2.45, 2.75) is 31.7 Å². The topological polar surface area (TPSA) is 107 Å². The van der Waals surface area contributed by atoms with Crippen LogP contribution < -0.4 is 9.52 Å². The Kier molecular flexibility index (Phi) is 7.37. The predicted octanol–water partition coefficient (Wildman–Crippen LogP) is 4.29. The summed E-state index contributed by atoms with van der Waals surface area (Å²) in [4.78, 5) is 30.0. The summed E-state index contributed by atoms with van der Waals surface area (Å²) in [6.07, 6.45) is 0.838. The lowest BCUT2D eigenvalue weighted by atomic mass is 10.2. The van der Waals surface area contributed by atoms with Crippen molar-refractivity contribution in [1.29, 1.82) is 0 Å². The molecule has 1 N–H and O–H groups in total. The molecule has 0 radical (unpaired) electrons. The van der Waals surface area contributed by atoms with Gasteiger partial charge in [-0.05, 0) is 55.3 Å². The van der Waals surface area contributed by atoms with Crippen LogP contribution in [-0.4, -0.2) is 32.0 Å². The molecule has 4 aromatic rings. The zero-order chi connectivity index (χ0) is 25.9. The van der Waals surface area contributed by atoms with Crippen molar-refractivity contribution in [2.24, 2.45) is 4.99 Å². The number of carbonyl (C=O) groups excluding carboxylic acids is 2. The Morgan fingerprint density at radius 3 is 2.47 bits per heavy atom. The normalized spacial score (nSPS) is 12.0. The second-order valence-corrected chi connectivity index (χ2v) is 10.8. The molecule has 0 aliphatic rings. The number of carbonyl (C=O) groups is 2. The standard InChI is InChI=1S/C26H25N3O5S2/c1-4-18-11-14-22-23(15-18)35-26(29(22)16-24(30)34-3)27-25(31)20-7-5-6-8-21(20)28-36(32,33)19-12-9-17(2)10-13-19/h5-15,28H,4,16H2,1-3H3. The monoisotopic (exact) mass is 523 g/mol. The van der Waals surface area contributed by atoms with E-state index in [4.69, 9.17) is 4.74 Å². The molecule has 0 aliphatic heterocycles. The zero-order valence-electron chi connectivity index (χ0n) is 20.0. The van der Waals surface area contributed by atoms with Crippen LogP contribution in [0, 0.1) is 6.92 Å². The number of aromatic nitrogens is 1. The van der Waals surface area contributed by atoms with Gasteiger partial charge in [-0.25, -0.2) is 8.42 Å². The van der Waals surface area contributed by atoms with Crippen molar-refractivity contribution in [3.05, 3.63) is 88.2 Å². The summed E-state index contributed by atoms with van der Waals surface area (Å²) in [6.45, 7) is 3.79. The van der Waals surface area contributed by atoms with Gasteiger partial charge in [0.1, 0.15) is 6.54 Å². The van der Waals surface area contributed by atoms with Gasteiger partial charge in [0.25, 0.3) is 15.9 Å². The highest BCUT2D eigenvalue weighted by Crippen LogP contribution is 2.23. The molecule has 0 unspecified atom stereocenters. The molecule has 0 spiro atoms. The van der Waals surface area contributed by atoms with Gasteiger partial charge in [0.05, 0.1) is 33.5 Å². The van der Waals surface area contributed by atoms with E-state index in [9.17, 15) is 18.0 Å². The molecule has 186 valence electrons. The molecule has 3 aromatic carbocycles. The van der Waals surface area contributed by atoms with E-state index >= 15 is 0 Å². The predicted molar refractivity (Wildman–Crippen MR) is 140 cm³/mol. The number of methoxy groups -OCH3 is 1. The van der Waals surface area contributed by atoms with E-state index in [1.54, 1.807) is 28.8 Å². The van der Waals surface area contributed by atoms with Crippen LogP contribution in [0.1, 0.15) is 28.4 Å². The van der Waals surface area contributed by atoms with Gasteiger partial charge in [-0.2, -0.15) is 4.99 Å². The summed E-state index contributed by atoms with van der Waals surface area (Å²) >= 11 is 1.28. The Hall–Kier alpha value is -3.76. The molecule has 8 nitrogen and oxygen atoms in total. The Labute approximate surface area is 212 Å². The lowest BCUT2D eigenvalue weighted by molar-refractivity contribution is -0.141. The zero-order valence-corrected chi connectivity index (χ0v) is 21.7. The fourth-order valence-electron chi connectivity index (χ4n) is 3.60. The molecule has 1 aromatic heterocycles. The lowest BCUT2D eigenvalue weighted by Crippen LogP contribution is -2.22. The van der Waals surface area contributed by atoms with Crippen molar-refractivity contribution in [3.63, 3.8) is 0 Å². The summed E-state index contributed by atoms with van der Waals surface area (Å²) in [6, 6.07) is 18.5. The summed E-state index contributed by atoms with van der Waals surface area (Å²) < 4.78 is 35.7. The van der Waals surface area contributed by atoms with E-state index < -0.39 is 21.9 Å². The highest BCUT2D eigenvalue weighted by Gasteiger charge is 2.19. The fourth-order valence-corrected chi connectivity index (χ4v) is 5.77. The van der Waals surface area contributed by atoms with E-state index in [-0.39, 0.29) is 22.7 Å². The van der Waals surface area contributed by atoms with Crippen LogP contribution in [0.3, 0.4) is 0 Å². The number of nitrogens with zero attached hydrogens (tertiary/aromatic N) is 2.